The van der Waals surface area contributed by atoms with Crippen molar-refractivity contribution in [3.8, 4) is 0 Å². The second-order valence-corrected chi connectivity index (χ2v) is 6.37. The molecule has 2 amide bonds. The van der Waals surface area contributed by atoms with E-state index in [9.17, 15) is 14.4 Å². The number of aliphatic carboxylic acids is 1. The average molecular weight is 346 g/mol. The van der Waals surface area contributed by atoms with Gasteiger partial charge in [0.05, 0.1) is 19.1 Å². The fraction of sp³-hybridized carbons (Fsp3) is 0.500. The van der Waals surface area contributed by atoms with Crippen molar-refractivity contribution in [2.75, 3.05) is 31.1 Å². The van der Waals surface area contributed by atoms with E-state index in [-0.39, 0.29) is 31.4 Å². The van der Waals surface area contributed by atoms with Gasteiger partial charge < -0.3 is 19.6 Å². The van der Waals surface area contributed by atoms with E-state index < -0.39 is 18.0 Å². The molecule has 2 aliphatic rings. The molecule has 25 heavy (non-hydrogen) atoms. The molecular formula is C18H22N2O5. The molecule has 0 unspecified atom stereocenters. The third-order valence-corrected chi connectivity index (χ3v) is 4.79. The number of morpholine rings is 1. The number of carboxylic acids is 1. The topological polar surface area (TPSA) is 87.2 Å². The molecular weight excluding hydrogens is 324 g/mol. The van der Waals surface area contributed by atoms with Crippen LogP contribution in [0.3, 0.4) is 0 Å². The van der Waals surface area contributed by atoms with Gasteiger partial charge in [0.2, 0.25) is 11.8 Å². The first kappa shape index (κ1) is 17.4. The Bertz CT molecular complexity index is 690. The van der Waals surface area contributed by atoms with Crippen molar-refractivity contribution >= 4 is 23.5 Å². The van der Waals surface area contributed by atoms with Crippen LogP contribution in [0, 0.1) is 5.92 Å². The van der Waals surface area contributed by atoms with Crippen molar-refractivity contribution in [1.82, 2.24) is 4.90 Å². The van der Waals surface area contributed by atoms with Crippen molar-refractivity contribution < 1.29 is 24.2 Å². The van der Waals surface area contributed by atoms with Crippen LogP contribution in [0.5, 0.6) is 0 Å². The SMILES string of the molecule is CCc1ccccc1N1C[C@H](C(=O)N2CCO[C@H](C(=O)O)C2)CC1=O. The highest BCUT2D eigenvalue weighted by Crippen LogP contribution is 2.29. The number of benzene rings is 1. The molecule has 134 valence electrons. The number of hydrogen-bond acceptors (Lipinski definition) is 4. The van der Waals surface area contributed by atoms with Crippen LogP contribution in [0.1, 0.15) is 18.9 Å². The van der Waals surface area contributed by atoms with Crippen LogP contribution in [0.2, 0.25) is 0 Å². The predicted octanol–water partition coefficient (Wildman–Crippen LogP) is 0.914. The van der Waals surface area contributed by atoms with Crippen molar-refractivity contribution in [2.24, 2.45) is 5.92 Å². The smallest absolute Gasteiger partial charge is 0.334 e. The quantitative estimate of drug-likeness (QED) is 0.876. The number of aryl methyl sites for hydroxylation is 1. The third kappa shape index (κ3) is 3.51. The highest BCUT2D eigenvalue weighted by atomic mass is 16.5. The molecule has 0 aliphatic carbocycles. The number of carbonyl (C=O) groups excluding carboxylic acids is 2. The molecule has 7 heteroatoms. The molecule has 0 aromatic heterocycles. The first-order chi connectivity index (χ1) is 12.0. The average Bonchev–Trinajstić information content (AvgIpc) is 3.02. The standard InChI is InChI=1S/C18H22N2O5/c1-2-12-5-3-4-6-14(12)20-10-13(9-16(20)21)17(22)19-7-8-25-15(11-19)18(23)24/h3-6,13,15H,2,7-11H2,1H3,(H,23,24)/t13-,15+/m1/s1. The Balaban J connectivity index is 1.71. The molecule has 2 atom stereocenters. The summed E-state index contributed by atoms with van der Waals surface area (Å²) in [4.78, 5) is 39.5. The van der Waals surface area contributed by atoms with E-state index in [2.05, 4.69) is 0 Å². The van der Waals surface area contributed by atoms with Gasteiger partial charge in [-0.3, -0.25) is 9.59 Å². The van der Waals surface area contributed by atoms with Crippen molar-refractivity contribution in [3.63, 3.8) is 0 Å². The molecule has 2 saturated heterocycles. The van der Waals surface area contributed by atoms with Crippen molar-refractivity contribution in [1.29, 1.82) is 0 Å². The van der Waals surface area contributed by atoms with E-state index in [0.717, 1.165) is 17.7 Å². The Morgan fingerprint density at radius 1 is 1.28 bits per heavy atom. The summed E-state index contributed by atoms with van der Waals surface area (Å²) >= 11 is 0. The lowest BCUT2D eigenvalue weighted by atomic mass is 10.1. The molecule has 0 bridgehead atoms. The molecule has 7 nitrogen and oxygen atoms in total. The zero-order chi connectivity index (χ0) is 18.0. The van der Waals surface area contributed by atoms with E-state index in [0.29, 0.717) is 13.1 Å². The maximum Gasteiger partial charge on any atom is 0.334 e. The lowest BCUT2D eigenvalue weighted by molar-refractivity contribution is -0.160. The molecule has 1 aromatic carbocycles. The minimum absolute atomic E-state index is 0.0321. The Morgan fingerprint density at radius 2 is 2.04 bits per heavy atom. The first-order valence-electron chi connectivity index (χ1n) is 8.52. The van der Waals surface area contributed by atoms with Crippen molar-refractivity contribution in [3.05, 3.63) is 29.8 Å². The van der Waals surface area contributed by atoms with Gasteiger partial charge in [0.15, 0.2) is 6.10 Å². The molecule has 1 aromatic rings. The van der Waals surface area contributed by atoms with Crippen LogP contribution in [-0.4, -0.2) is 60.1 Å². The number of rotatable bonds is 4. The summed E-state index contributed by atoms with van der Waals surface area (Å²) < 4.78 is 5.15. The summed E-state index contributed by atoms with van der Waals surface area (Å²) in [6.45, 7) is 2.96. The summed E-state index contributed by atoms with van der Waals surface area (Å²) in [5.41, 5.74) is 1.93. The van der Waals surface area contributed by atoms with Gasteiger partial charge >= 0.3 is 5.97 Å². The Hall–Kier alpha value is -2.41. The van der Waals surface area contributed by atoms with Crippen LogP contribution in [0.15, 0.2) is 24.3 Å². The minimum Gasteiger partial charge on any atom is -0.479 e. The fourth-order valence-corrected chi connectivity index (χ4v) is 3.44. The Labute approximate surface area is 146 Å². The monoisotopic (exact) mass is 346 g/mol. The van der Waals surface area contributed by atoms with Gasteiger partial charge in [0.1, 0.15) is 0 Å². The molecule has 1 N–H and O–H groups in total. The molecule has 2 heterocycles. The lowest BCUT2D eigenvalue weighted by Crippen LogP contribution is -2.50. The van der Waals surface area contributed by atoms with E-state index >= 15 is 0 Å². The second-order valence-electron chi connectivity index (χ2n) is 6.37. The highest BCUT2D eigenvalue weighted by Gasteiger charge is 2.39. The number of hydrogen-bond donors (Lipinski definition) is 1. The van der Waals surface area contributed by atoms with Crippen LogP contribution in [0.25, 0.3) is 0 Å². The second kappa shape index (κ2) is 7.23. The summed E-state index contributed by atoms with van der Waals surface area (Å²) in [7, 11) is 0. The normalized spacial score (nSPS) is 23.8. The first-order valence-corrected chi connectivity index (χ1v) is 8.52. The van der Waals surface area contributed by atoms with E-state index in [4.69, 9.17) is 9.84 Å². The fourth-order valence-electron chi connectivity index (χ4n) is 3.44. The van der Waals surface area contributed by atoms with Crippen molar-refractivity contribution in [2.45, 2.75) is 25.9 Å². The maximum absolute atomic E-state index is 12.7. The van der Waals surface area contributed by atoms with Crippen LogP contribution in [0.4, 0.5) is 5.69 Å². The predicted molar refractivity (Wildman–Crippen MR) is 90.2 cm³/mol. The molecule has 2 aliphatic heterocycles. The molecule has 2 fully saturated rings. The van der Waals surface area contributed by atoms with Gasteiger partial charge in [-0.05, 0) is 18.1 Å². The van der Waals surface area contributed by atoms with Gasteiger partial charge in [0.25, 0.3) is 0 Å². The van der Waals surface area contributed by atoms with E-state index in [1.807, 2.05) is 31.2 Å². The van der Waals surface area contributed by atoms with Crippen LogP contribution in [-0.2, 0) is 25.5 Å². The van der Waals surface area contributed by atoms with Gasteiger partial charge in [-0.2, -0.15) is 0 Å². The lowest BCUT2D eigenvalue weighted by Gasteiger charge is -2.32. The maximum atomic E-state index is 12.7. The number of para-hydroxylation sites is 1. The molecule has 0 spiro atoms. The van der Waals surface area contributed by atoms with E-state index in [1.165, 1.54) is 4.90 Å². The zero-order valence-corrected chi connectivity index (χ0v) is 14.2. The number of anilines is 1. The number of carboxylic acid groups (broad SMARTS) is 1. The molecule has 0 saturated carbocycles. The van der Waals surface area contributed by atoms with Gasteiger partial charge in [-0.25, -0.2) is 4.79 Å². The Kier molecular flexibility index (Phi) is 5.03. The summed E-state index contributed by atoms with van der Waals surface area (Å²) in [6, 6.07) is 7.71. The largest absolute Gasteiger partial charge is 0.479 e. The number of ether oxygens (including phenoxy) is 1. The molecule has 3 rings (SSSR count). The Morgan fingerprint density at radius 3 is 2.76 bits per heavy atom. The third-order valence-electron chi connectivity index (χ3n) is 4.79. The number of amides is 2. The van der Waals surface area contributed by atoms with Gasteiger partial charge in [-0.1, -0.05) is 25.1 Å². The summed E-state index contributed by atoms with van der Waals surface area (Å²) in [5.74, 6) is -1.75. The van der Waals surface area contributed by atoms with Gasteiger partial charge in [0, 0.05) is 25.2 Å². The summed E-state index contributed by atoms with van der Waals surface area (Å²) in [5, 5.41) is 9.07. The number of nitrogens with zero attached hydrogens (tertiary/aromatic N) is 2. The van der Waals surface area contributed by atoms with Crippen LogP contribution < -0.4 is 4.90 Å². The highest BCUT2D eigenvalue weighted by molar-refractivity contribution is 6.00. The molecule has 0 radical (unpaired) electrons. The van der Waals surface area contributed by atoms with E-state index in [1.54, 1.807) is 4.90 Å². The van der Waals surface area contributed by atoms with Crippen LogP contribution >= 0.6 is 0 Å². The minimum atomic E-state index is -1.07. The van der Waals surface area contributed by atoms with Gasteiger partial charge in [-0.15, -0.1) is 0 Å². The number of carbonyl (C=O) groups is 3. The zero-order valence-electron chi connectivity index (χ0n) is 14.2. The summed E-state index contributed by atoms with van der Waals surface area (Å²) in [6.07, 6.45) is -0.0272.